The van der Waals surface area contributed by atoms with Crippen LogP contribution in [-0.2, 0) is 4.79 Å². The average molecular weight is 367 g/mol. The Morgan fingerprint density at radius 3 is 2.46 bits per heavy atom. The molecule has 0 spiro atoms. The smallest absolute Gasteiger partial charge is 0.252 e. The van der Waals surface area contributed by atoms with Crippen LogP contribution in [0.2, 0.25) is 10.0 Å². The summed E-state index contributed by atoms with van der Waals surface area (Å²) in [4.78, 5) is 23.6. The Labute approximate surface area is 149 Å². The van der Waals surface area contributed by atoms with E-state index in [9.17, 15) is 9.59 Å². The molecule has 126 valence electrons. The lowest BCUT2D eigenvalue weighted by molar-refractivity contribution is -0.116. The molecule has 0 aliphatic carbocycles. The Morgan fingerprint density at radius 1 is 1.08 bits per heavy atom. The standard InChI is InChI=1S/C17H16Cl2N2O3/c1-20-17(23)14-10-12(4-7-15(14)19)21-16(22)8-9-24-13-5-2-11(18)3-6-13/h2-7,10H,8-9H2,1H3,(H,20,23)(H,21,22). The van der Waals surface area contributed by atoms with E-state index >= 15 is 0 Å². The first-order valence-electron chi connectivity index (χ1n) is 7.19. The third-order valence-electron chi connectivity index (χ3n) is 3.13. The van der Waals surface area contributed by atoms with Crippen LogP contribution < -0.4 is 15.4 Å². The second-order valence-electron chi connectivity index (χ2n) is 4.87. The lowest BCUT2D eigenvalue weighted by Crippen LogP contribution is -2.19. The van der Waals surface area contributed by atoms with Crippen LogP contribution in [0.3, 0.4) is 0 Å². The molecule has 0 saturated heterocycles. The fourth-order valence-corrected chi connectivity index (χ4v) is 2.26. The molecule has 0 bridgehead atoms. The zero-order chi connectivity index (χ0) is 17.5. The second-order valence-corrected chi connectivity index (χ2v) is 5.72. The summed E-state index contributed by atoms with van der Waals surface area (Å²) in [7, 11) is 1.51. The van der Waals surface area contributed by atoms with Gasteiger partial charge in [0.15, 0.2) is 0 Å². The molecule has 0 unspecified atom stereocenters. The van der Waals surface area contributed by atoms with E-state index in [1.807, 2.05) is 0 Å². The number of hydrogen-bond donors (Lipinski definition) is 2. The third kappa shape index (κ3) is 5.15. The molecular formula is C17H16Cl2N2O3. The predicted molar refractivity (Wildman–Crippen MR) is 95.0 cm³/mol. The normalized spacial score (nSPS) is 10.1. The lowest BCUT2D eigenvalue weighted by atomic mass is 10.2. The first kappa shape index (κ1) is 18.1. The molecule has 2 amide bonds. The highest BCUT2D eigenvalue weighted by atomic mass is 35.5. The van der Waals surface area contributed by atoms with Gasteiger partial charge in [0, 0.05) is 17.8 Å². The lowest BCUT2D eigenvalue weighted by Gasteiger charge is -2.09. The molecule has 0 atom stereocenters. The van der Waals surface area contributed by atoms with Crippen LogP contribution in [0.1, 0.15) is 16.8 Å². The van der Waals surface area contributed by atoms with Crippen molar-refractivity contribution < 1.29 is 14.3 Å². The topological polar surface area (TPSA) is 67.4 Å². The SMILES string of the molecule is CNC(=O)c1cc(NC(=O)CCOc2ccc(Cl)cc2)ccc1Cl. The van der Waals surface area contributed by atoms with Gasteiger partial charge in [0.05, 0.1) is 23.6 Å². The van der Waals surface area contributed by atoms with Crippen LogP contribution in [-0.4, -0.2) is 25.5 Å². The number of benzene rings is 2. The molecule has 7 heteroatoms. The van der Waals surface area contributed by atoms with E-state index < -0.39 is 0 Å². The van der Waals surface area contributed by atoms with Crippen molar-refractivity contribution in [3.8, 4) is 5.75 Å². The fraction of sp³-hybridized carbons (Fsp3) is 0.176. The summed E-state index contributed by atoms with van der Waals surface area (Å²) >= 11 is 11.8. The molecule has 2 aromatic carbocycles. The summed E-state index contributed by atoms with van der Waals surface area (Å²) in [6.07, 6.45) is 0.167. The van der Waals surface area contributed by atoms with Crippen molar-refractivity contribution in [2.24, 2.45) is 0 Å². The molecule has 0 aliphatic heterocycles. The highest BCUT2D eigenvalue weighted by Gasteiger charge is 2.11. The van der Waals surface area contributed by atoms with Crippen LogP contribution in [0.15, 0.2) is 42.5 Å². The van der Waals surface area contributed by atoms with Gasteiger partial charge >= 0.3 is 0 Å². The number of amides is 2. The predicted octanol–water partition coefficient (Wildman–Crippen LogP) is 3.76. The Morgan fingerprint density at radius 2 is 1.79 bits per heavy atom. The van der Waals surface area contributed by atoms with Gasteiger partial charge in [-0.25, -0.2) is 0 Å². The minimum Gasteiger partial charge on any atom is -0.493 e. The molecule has 2 N–H and O–H groups in total. The molecule has 5 nitrogen and oxygen atoms in total. The largest absolute Gasteiger partial charge is 0.493 e. The van der Waals surface area contributed by atoms with Gasteiger partial charge in [-0.1, -0.05) is 23.2 Å². The highest BCUT2D eigenvalue weighted by Crippen LogP contribution is 2.21. The highest BCUT2D eigenvalue weighted by molar-refractivity contribution is 6.34. The maximum Gasteiger partial charge on any atom is 0.252 e. The van der Waals surface area contributed by atoms with Gasteiger partial charge in [-0.2, -0.15) is 0 Å². The van der Waals surface area contributed by atoms with Gasteiger partial charge < -0.3 is 15.4 Å². The van der Waals surface area contributed by atoms with Crippen LogP contribution in [0, 0.1) is 0 Å². The Hall–Kier alpha value is -2.24. The van der Waals surface area contributed by atoms with Crippen molar-refractivity contribution in [2.45, 2.75) is 6.42 Å². The van der Waals surface area contributed by atoms with Gasteiger partial charge in [-0.3, -0.25) is 9.59 Å². The molecule has 0 aliphatic rings. The summed E-state index contributed by atoms with van der Waals surface area (Å²) in [6, 6.07) is 11.6. The number of carbonyl (C=O) groups is 2. The Balaban J connectivity index is 1.88. The number of hydrogen-bond acceptors (Lipinski definition) is 3. The van der Waals surface area contributed by atoms with E-state index in [0.717, 1.165) is 0 Å². The van der Waals surface area contributed by atoms with Crippen molar-refractivity contribution in [1.82, 2.24) is 5.32 Å². The van der Waals surface area contributed by atoms with E-state index in [1.165, 1.54) is 13.1 Å². The minimum atomic E-state index is -0.317. The summed E-state index contributed by atoms with van der Waals surface area (Å²) in [5.74, 6) is 0.0944. The van der Waals surface area contributed by atoms with Gasteiger partial charge in [-0.05, 0) is 42.5 Å². The summed E-state index contributed by atoms with van der Waals surface area (Å²) in [6.45, 7) is 0.226. The van der Waals surface area contributed by atoms with Gasteiger partial charge in [0.2, 0.25) is 5.91 Å². The molecule has 0 saturated carbocycles. The maximum absolute atomic E-state index is 11.9. The van der Waals surface area contributed by atoms with E-state index in [-0.39, 0.29) is 24.8 Å². The summed E-state index contributed by atoms with van der Waals surface area (Å²) in [5, 5.41) is 6.14. The molecule has 0 radical (unpaired) electrons. The second kappa shape index (κ2) is 8.57. The quantitative estimate of drug-likeness (QED) is 0.817. The first-order valence-corrected chi connectivity index (χ1v) is 7.95. The Kier molecular flexibility index (Phi) is 6.46. The average Bonchev–Trinajstić information content (AvgIpc) is 2.57. The number of rotatable bonds is 6. The molecular weight excluding hydrogens is 351 g/mol. The zero-order valence-corrected chi connectivity index (χ0v) is 14.4. The molecule has 0 aromatic heterocycles. The summed E-state index contributed by atoms with van der Waals surface area (Å²) in [5.41, 5.74) is 0.795. The van der Waals surface area contributed by atoms with Gasteiger partial charge in [-0.15, -0.1) is 0 Å². The number of halogens is 2. The molecule has 0 heterocycles. The van der Waals surface area contributed by atoms with Crippen LogP contribution in [0.4, 0.5) is 5.69 Å². The zero-order valence-electron chi connectivity index (χ0n) is 12.9. The number of carbonyl (C=O) groups excluding carboxylic acids is 2. The molecule has 2 aromatic rings. The van der Waals surface area contributed by atoms with Crippen LogP contribution in [0.25, 0.3) is 0 Å². The maximum atomic E-state index is 11.9. The Bertz CT molecular complexity index is 733. The van der Waals surface area contributed by atoms with Crippen molar-refractivity contribution >= 4 is 40.7 Å². The van der Waals surface area contributed by atoms with Crippen molar-refractivity contribution in [2.75, 3.05) is 19.0 Å². The van der Waals surface area contributed by atoms with Crippen LogP contribution in [0.5, 0.6) is 5.75 Å². The minimum absolute atomic E-state index is 0.167. The van der Waals surface area contributed by atoms with Gasteiger partial charge in [0.25, 0.3) is 5.91 Å². The first-order chi connectivity index (χ1) is 11.5. The molecule has 2 rings (SSSR count). The molecule has 24 heavy (non-hydrogen) atoms. The van der Waals surface area contributed by atoms with E-state index in [2.05, 4.69) is 10.6 Å². The number of anilines is 1. The van der Waals surface area contributed by atoms with E-state index in [0.29, 0.717) is 27.0 Å². The van der Waals surface area contributed by atoms with Crippen LogP contribution >= 0.6 is 23.2 Å². The van der Waals surface area contributed by atoms with E-state index in [1.54, 1.807) is 36.4 Å². The van der Waals surface area contributed by atoms with Crippen molar-refractivity contribution in [1.29, 1.82) is 0 Å². The number of ether oxygens (including phenoxy) is 1. The monoisotopic (exact) mass is 366 g/mol. The van der Waals surface area contributed by atoms with Gasteiger partial charge in [0.1, 0.15) is 5.75 Å². The van der Waals surface area contributed by atoms with Crippen molar-refractivity contribution in [3.63, 3.8) is 0 Å². The fourth-order valence-electron chi connectivity index (χ4n) is 1.93. The molecule has 0 fully saturated rings. The van der Waals surface area contributed by atoms with E-state index in [4.69, 9.17) is 27.9 Å². The number of nitrogens with one attached hydrogen (secondary N) is 2. The third-order valence-corrected chi connectivity index (χ3v) is 3.71. The van der Waals surface area contributed by atoms with Crippen molar-refractivity contribution in [3.05, 3.63) is 58.1 Å². The summed E-state index contributed by atoms with van der Waals surface area (Å²) < 4.78 is 5.46.